The Balaban J connectivity index is 1.72. The molecular weight excluding hydrogens is 352 g/mol. The Bertz CT molecular complexity index is 895. The molecule has 24 heavy (non-hydrogen) atoms. The zero-order valence-electron chi connectivity index (χ0n) is 12.3. The SMILES string of the molecule is O=C(Nc1cnn(Cc2cccc(F)c2)c1)c1cccc(Cl)c1Cl. The second-order valence-electron chi connectivity index (χ2n) is 5.11. The van der Waals surface area contributed by atoms with Crippen LogP contribution in [0.3, 0.4) is 0 Å². The van der Waals surface area contributed by atoms with Crippen LogP contribution in [0.15, 0.2) is 54.9 Å². The number of aromatic nitrogens is 2. The van der Waals surface area contributed by atoms with Crippen LogP contribution in [0.25, 0.3) is 0 Å². The Labute approximate surface area is 147 Å². The van der Waals surface area contributed by atoms with E-state index in [0.29, 0.717) is 17.3 Å². The number of carbonyl (C=O) groups excluding carboxylic acids is 1. The van der Waals surface area contributed by atoms with Crippen molar-refractivity contribution in [1.29, 1.82) is 0 Å². The Kier molecular flexibility index (Phi) is 4.83. The van der Waals surface area contributed by atoms with Crippen molar-refractivity contribution in [1.82, 2.24) is 9.78 Å². The summed E-state index contributed by atoms with van der Waals surface area (Å²) in [6.45, 7) is 0.394. The minimum atomic E-state index is -0.382. The Morgan fingerprint density at radius 3 is 2.79 bits per heavy atom. The lowest BCUT2D eigenvalue weighted by Gasteiger charge is -2.05. The topological polar surface area (TPSA) is 46.9 Å². The molecule has 0 aliphatic rings. The highest BCUT2D eigenvalue weighted by molar-refractivity contribution is 6.44. The van der Waals surface area contributed by atoms with E-state index in [0.717, 1.165) is 5.56 Å². The van der Waals surface area contributed by atoms with Crippen LogP contribution in [0.2, 0.25) is 10.0 Å². The fourth-order valence-electron chi connectivity index (χ4n) is 2.21. The maximum Gasteiger partial charge on any atom is 0.257 e. The van der Waals surface area contributed by atoms with Crippen molar-refractivity contribution in [2.75, 3.05) is 5.32 Å². The Morgan fingerprint density at radius 1 is 1.21 bits per heavy atom. The summed E-state index contributed by atoms with van der Waals surface area (Å²) >= 11 is 11.9. The molecule has 0 aliphatic carbocycles. The number of nitrogens with zero attached hydrogens (tertiary/aromatic N) is 2. The van der Waals surface area contributed by atoms with Crippen LogP contribution < -0.4 is 5.32 Å². The maximum absolute atomic E-state index is 13.2. The fourth-order valence-corrected chi connectivity index (χ4v) is 2.60. The van der Waals surface area contributed by atoms with Crippen LogP contribution in [-0.4, -0.2) is 15.7 Å². The predicted molar refractivity (Wildman–Crippen MR) is 92.1 cm³/mol. The van der Waals surface area contributed by atoms with E-state index in [-0.39, 0.29) is 22.3 Å². The number of rotatable bonds is 4. The summed E-state index contributed by atoms with van der Waals surface area (Å²) in [7, 11) is 0. The fraction of sp³-hybridized carbons (Fsp3) is 0.0588. The van der Waals surface area contributed by atoms with Gasteiger partial charge >= 0.3 is 0 Å². The van der Waals surface area contributed by atoms with E-state index in [1.165, 1.54) is 18.3 Å². The zero-order valence-corrected chi connectivity index (χ0v) is 13.9. The van der Waals surface area contributed by atoms with Crippen LogP contribution in [0.4, 0.5) is 10.1 Å². The van der Waals surface area contributed by atoms with Gasteiger partial charge in [0.1, 0.15) is 5.82 Å². The molecule has 0 saturated heterocycles. The lowest BCUT2D eigenvalue weighted by molar-refractivity contribution is 0.102. The molecular formula is C17H12Cl2FN3O. The third kappa shape index (κ3) is 3.75. The van der Waals surface area contributed by atoms with E-state index < -0.39 is 0 Å². The number of anilines is 1. The van der Waals surface area contributed by atoms with E-state index >= 15 is 0 Å². The van der Waals surface area contributed by atoms with Crippen molar-refractivity contribution < 1.29 is 9.18 Å². The van der Waals surface area contributed by atoms with Gasteiger partial charge in [0, 0.05) is 6.20 Å². The van der Waals surface area contributed by atoms with Crippen LogP contribution in [0.1, 0.15) is 15.9 Å². The summed E-state index contributed by atoms with van der Waals surface area (Å²) in [5.41, 5.74) is 1.56. The molecule has 3 aromatic rings. The molecule has 0 unspecified atom stereocenters. The summed E-state index contributed by atoms with van der Waals surface area (Å²) in [6, 6.07) is 11.1. The van der Waals surface area contributed by atoms with Gasteiger partial charge in [0.15, 0.2) is 0 Å². The number of amides is 1. The Morgan fingerprint density at radius 2 is 2.00 bits per heavy atom. The first-order valence-electron chi connectivity index (χ1n) is 7.05. The van der Waals surface area contributed by atoms with Crippen molar-refractivity contribution in [3.8, 4) is 0 Å². The van der Waals surface area contributed by atoms with E-state index in [1.807, 2.05) is 0 Å². The molecule has 0 bridgehead atoms. The van der Waals surface area contributed by atoms with E-state index in [4.69, 9.17) is 23.2 Å². The molecule has 122 valence electrons. The van der Waals surface area contributed by atoms with Crippen LogP contribution in [-0.2, 0) is 6.54 Å². The normalized spacial score (nSPS) is 10.6. The zero-order chi connectivity index (χ0) is 17.1. The molecule has 1 amide bonds. The second-order valence-corrected chi connectivity index (χ2v) is 5.90. The van der Waals surface area contributed by atoms with Gasteiger partial charge in [-0.1, -0.05) is 41.4 Å². The predicted octanol–water partition coefficient (Wildman–Crippen LogP) is 4.63. The van der Waals surface area contributed by atoms with Gasteiger partial charge < -0.3 is 5.32 Å². The first kappa shape index (κ1) is 16.5. The third-order valence-corrected chi connectivity index (χ3v) is 4.14. The van der Waals surface area contributed by atoms with Gasteiger partial charge in [-0.25, -0.2) is 4.39 Å². The second kappa shape index (κ2) is 7.03. The van der Waals surface area contributed by atoms with Gasteiger partial charge in [0.2, 0.25) is 0 Å². The molecule has 7 heteroatoms. The summed E-state index contributed by atoms with van der Waals surface area (Å²) in [5.74, 6) is -0.684. The molecule has 1 aromatic heterocycles. The summed E-state index contributed by atoms with van der Waals surface area (Å²) in [4.78, 5) is 12.3. The van der Waals surface area contributed by atoms with Gasteiger partial charge in [0.25, 0.3) is 5.91 Å². The van der Waals surface area contributed by atoms with Crippen LogP contribution in [0.5, 0.6) is 0 Å². The standard InChI is InChI=1S/C17H12Cl2FN3O/c18-15-6-2-5-14(16(15)19)17(24)22-13-8-21-23(10-13)9-11-3-1-4-12(20)7-11/h1-8,10H,9H2,(H,22,24). The number of carbonyl (C=O) groups is 1. The van der Waals surface area contributed by atoms with E-state index in [9.17, 15) is 9.18 Å². The smallest absolute Gasteiger partial charge is 0.257 e. The summed E-state index contributed by atoms with van der Waals surface area (Å²) in [6.07, 6.45) is 3.16. The van der Waals surface area contributed by atoms with Crippen molar-refractivity contribution in [3.05, 3.63) is 81.8 Å². The van der Waals surface area contributed by atoms with Crippen LogP contribution >= 0.6 is 23.2 Å². The quantitative estimate of drug-likeness (QED) is 0.734. The van der Waals surface area contributed by atoms with Gasteiger partial charge in [0.05, 0.1) is 34.0 Å². The highest BCUT2D eigenvalue weighted by Gasteiger charge is 2.13. The monoisotopic (exact) mass is 363 g/mol. The first-order valence-corrected chi connectivity index (χ1v) is 7.81. The van der Waals surface area contributed by atoms with Gasteiger partial charge in [-0.15, -0.1) is 0 Å². The van der Waals surface area contributed by atoms with Crippen molar-refractivity contribution in [2.45, 2.75) is 6.54 Å². The van der Waals surface area contributed by atoms with Gasteiger partial charge in [-0.3, -0.25) is 9.48 Å². The molecule has 0 radical (unpaired) electrons. The summed E-state index contributed by atoms with van der Waals surface area (Å²) in [5, 5.41) is 7.36. The van der Waals surface area contributed by atoms with E-state index in [1.54, 1.807) is 41.2 Å². The van der Waals surface area contributed by atoms with Crippen molar-refractivity contribution >= 4 is 34.8 Å². The lowest BCUT2D eigenvalue weighted by atomic mass is 10.2. The lowest BCUT2D eigenvalue weighted by Crippen LogP contribution is -2.12. The third-order valence-electron chi connectivity index (χ3n) is 3.32. The minimum Gasteiger partial charge on any atom is -0.319 e. The molecule has 2 aromatic carbocycles. The molecule has 0 saturated carbocycles. The Hall–Kier alpha value is -2.37. The first-order chi connectivity index (χ1) is 11.5. The molecule has 0 fully saturated rings. The number of benzene rings is 2. The van der Waals surface area contributed by atoms with Gasteiger partial charge in [-0.2, -0.15) is 5.10 Å². The number of hydrogen-bond donors (Lipinski definition) is 1. The molecule has 0 atom stereocenters. The van der Waals surface area contributed by atoms with Gasteiger partial charge in [-0.05, 0) is 29.8 Å². The molecule has 1 heterocycles. The molecule has 3 rings (SSSR count). The maximum atomic E-state index is 13.2. The van der Waals surface area contributed by atoms with Crippen molar-refractivity contribution in [3.63, 3.8) is 0 Å². The molecule has 0 aliphatic heterocycles. The number of halogens is 3. The van der Waals surface area contributed by atoms with Crippen molar-refractivity contribution in [2.24, 2.45) is 0 Å². The average Bonchev–Trinajstić information content (AvgIpc) is 2.97. The number of nitrogens with one attached hydrogen (secondary N) is 1. The highest BCUT2D eigenvalue weighted by Crippen LogP contribution is 2.26. The summed E-state index contributed by atoms with van der Waals surface area (Å²) < 4.78 is 14.8. The molecule has 1 N–H and O–H groups in total. The highest BCUT2D eigenvalue weighted by atomic mass is 35.5. The van der Waals surface area contributed by atoms with E-state index in [2.05, 4.69) is 10.4 Å². The average molecular weight is 364 g/mol. The minimum absolute atomic E-state index is 0.198. The molecule has 4 nitrogen and oxygen atoms in total. The molecule has 0 spiro atoms. The number of hydrogen-bond acceptors (Lipinski definition) is 2. The largest absolute Gasteiger partial charge is 0.319 e. The van der Waals surface area contributed by atoms with Crippen LogP contribution in [0, 0.1) is 5.82 Å².